The van der Waals surface area contributed by atoms with Crippen molar-refractivity contribution in [3.63, 3.8) is 0 Å². The number of carbonyl (C=O) groups excluding carboxylic acids is 4. The third kappa shape index (κ3) is 4.55. The smallest absolute Gasteiger partial charge is 0.308 e. The first-order valence-electron chi connectivity index (χ1n) is 15.5. The van der Waals surface area contributed by atoms with Gasteiger partial charge in [-0.15, -0.1) is 0 Å². The van der Waals surface area contributed by atoms with Gasteiger partial charge in [0.1, 0.15) is 24.0 Å². The van der Waals surface area contributed by atoms with Gasteiger partial charge < -0.3 is 14.6 Å². The predicted octanol–water partition coefficient (Wildman–Crippen LogP) is 5.96. The molecule has 0 aromatic rings. The number of aliphatic hydroxyl groups is 1. The molecule has 6 nitrogen and oxygen atoms in total. The van der Waals surface area contributed by atoms with Crippen LogP contribution >= 0.6 is 0 Å². The molecule has 1 N–H and O–H groups in total. The second kappa shape index (κ2) is 10.4. The van der Waals surface area contributed by atoms with E-state index in [4.69, 9.17) is 4.74 Å². The Morgan fingerprint density at radius 1 is 1.05 bits per heavy atom. The normalized spacial score (nSPS) is 46.5. The molecule has 4 rings (SSSR count). The van der Waals surface area contributed by atoms with Crippen LogP contribution in [0.5, 0.6) is 0 Å². The fourth-order valence-electron chi connectivity index (χ4n) is 10.5. The number of aliphatic hydroxyl groups excluding tert-OH is 1. The van der Waals surface area contributed by atoms with Crippen molar-refractivity contribution >= 4 is 23.8 Å². The molecule has 0 aliphatic heterocycles. The quantitative estimate of drug-likeness (QED) is 0.314. The molecule has 0 aromatic carbocycles. The van der Waals surface area contributed by atoms with Gasteiger partial charge >= 0.3 is 5.97 Å². The molecular formula is C33H52O6. The summed E-state index contributed by atoms with van der Waals surface area (Å²) in [4.78, 5) is 53.0. The molecule has 4 aliphatic rings. The van der Waals surface area contributed by atoms with Crippen molar-refractivity contribution in [2.24, 2.45) is 57.2 Å². The van der Waals surface area contributed by atoms with E-state index in [1.807, 2.05) is 20.8 Å². The van der Waals surface area contributed by atoms with E-state index in [2.05, 4.69) is 27.7 Å². The molecule has 4 fully saturated rings. The molecule has 4 saturated carbocycles. The lowest BCUT2D eigenvalue weighted by Gasteiger charge is -2.70. The molecule has 39 heavy (non-hydrogen) atoms. The summed E-state index contributed by atoms with van der Waals surface area (Å²) >= 11 is 0. The van der Waals surface area contributed by atoms with Crippen LogP contribution in [0.2, 0.25) is 0 Å². The van der Waals surface area contributed by atoms with Crippen LogP contribution in [0.4, 0.5) is 0 Å². The van der Waals surface area contributed by atoms with Gasteiger partial charge in [0.15, 0.2) is 0 Å². The molecule has 0 amide bonds. The van der Waals surface area contributed by atoms with Gasteiger partial charge in [-0.1, -0.05) is 61.3 Å². The van der Waals surface area contributed by atoms with Gasteiger partial charge in [-0.25, -0.2) is 0 Å². The molecular weight excluding hydrogens is 492 g/mol. The number of esters is 1. The Hall–Kier alpha value is -1.56. The van der Waals surface area contributed by atoms with E-state index < -0.39 is 35.4 Å². The number of carbonyl (C=O) groups is 4. The molecule has 0 aromatic heterocycles. The monoisotopic (exact) mass is 544 g/mol. The van der Waals surface area contributed by atoms with E-state index >= 15 is 0 Å². The van der Waals surface area contributed by atoms with Crippen molar-refractivity contribution in [1.82, 2.24) is 0 Å². The fraction of sp³-hybridized carbons (Fsp3) is 0.879. The topological polar surface area (TPSA) is 97.7 Å². The maximum Gasteiger partial charge on any atom is 0.308 e. The summed E-state index contributed by atoms with van der Waals surface area (Å²) in [5, 5.41) is 10.3. The van der Waals surface area contributed by atoms with Crippen molar-refractivity contribution < 1.29 is 29.0 Å². The Kier molecular flexibility index (Phi) is 8.08. The van der Waals surface area contributed by atoms with Crippen molar-refractivity contribution in [2.75, 3.05) is 0 Å². The van der Waals surface area contributed by atoms with Crippen LogP contribution in [0.1, 0.15) is 113 Å². The van der Waals surface area contributed by atoms with Gasteiger partial charge in [-0.3, -0.25) is 14.4 Å². The molecule has 0 heterocycles. The highest BCUT2D eigenvalue weighted by Gasteiger charge is 2.71. The maximum absolute atomic E-state index is 14.3. The van der Waals surface area contributed by atoms with Crippen molar-refractivity contribution in [3.8, 4) is 0 Å². The summed E-state index contributed by atoms with van der Waals surface area (Å²) in [6.45, 7) is 16.5. The second-order valence-corrected chi connectivity index (χ2v) is 15.1. The average Bonchev–Trinajstić information content (AvgIpc) is 2.85. The van der Waals surface area contributed by atoms with Gasteiger partial charge in [0.2, 0.25) is 0 Å². The number of ketones is 2. The molecule has 0 spiro atoms. The Bertz CT molecular complexity index is 1000. The third-order valence-corrected chi connectivity index (χ3v) is 13.0. The summed E-state index contributed by atoms with van der Waals surface area (Å²) in [5.74, 6) is -1.87. The molecule has 11 atom stereocenters. The molecule has 6 heteroatoms. The SMILES string of the molecule is CCC1(C)CCCC2(C)C1CCC1(C)C2CC(=O)C2(C)C(C=O)C(C(C)=O)C(OC(=O)CC(O)C(C)C)CC12. The second-order valence-electron chi connectivity index (χ2n) is 15.1. The fourth-order valence-corrected chi connectivity index (χ4v) is 10.5. The zero-order chi connectivity index (χ0) is 29.1. The van der Waals surface area contributed by atoms with Crippen LogP contribution in [0, 0.1) is 57.2 Å². The minimum atomic E-state index is -0.963. The first-order valence-corrected chi connectivity index (χ1v) is 15.5. The summed E-state index contributed by atoms with van der Waals surface area (Å²) < 4.78 is 5.96. The summed E-state index contributed by atoms with van der Waals surface area (Å²) in [5.41, 5.74) is -0.861. The van der Waals surface area contributed by atoms with Crippen LogP contribution in [0.15, 0.2) is 0 Å². The Balaban J connectivity index is 1.75. The molecule has 0 saturated heterocycles. The molecule has 4 aliphatic carbocycles. The number of aldehydes is 1. The van der Waals surface area contributed by atoms with Gasteiger partial charge in [-0.2, -0.15) is 0 Å². The van der Waals surface area contributed by atoms with Crippen LogP contribution < -0.4 is 0 Å². The molecule has 0 bridgehead atoms. The zero-order valence-electron chi connectivity index (χ0n) is 25.5. The minimum Gasteiger partial charge on any atom is -0.461 e. The number of hydrogen-bond donors (Lipinski definition) is 1. The zero-order valence-corrected chi connectivity index (χ0v) is 25.5. The lowest BCUT2D eigenvalue weighted by atomic mass is 9.34. The van der Waals surface area contributed by atoms with E-state index in [9.17, 15) is 24.3 Å². The van der Waals surface area contributed by atoms with E-state index in [-0.39, 0.29) is 52.0 Å². The minimum absolute atomic E-state index is 0.0364. The van der Waals surface area contributed by atoms with E-state index in [1.54, 1.807) is 0 Å². The summed E-state index contributed by atoms with van der Waals surface area (Å²) in [6, 6.07) is 0. The van der Waals surface area contributed by atoms with Crippen LogP contribution in [-0.2, 0) is 23.9 Å². The number of ether oxygens (including phenoxy) is 1. The van der Waals surface area contributed by atoms with E-state index in [0.717, 1.165) is 32.0 Å². The highest BCUT2D eigenvalue weighted by atomic mass is 16.5. The molecule has 11 unspecified atom stereocenters. The highest BCUT2D eigenvalue weighted by molar-refractivity contribution is 5.93. The number of Topliss-reactive ketones (excluding diaryl/α,β-unsaturated/α-hetero) is 2. The van der Waals surface area contributed by atoms with Gasteiger partial charge in [0.05, 0.1) is 18.4 Å². The lowest BCUT2D eigenvalue weighted by molar-refractivity contribution is -0.224. The average molecular weight is 545 g/mol. The Morgan fingerprint density at radius 2 is 1.69 bits per heavy atom. The molecule has 0 radical (unpaired) electrons. The summed E-state index contributed by atoms with van der Waals surface area (Å²) in [6.07, 6.45) is 6.62. The van der Waals surface area contributed by atoms with Gasteiger partial charge in [0.25, 0.3) is 0 Å². The third-order valence-electron chi connectivity index (χ3n) is 13.0. The first kappa shape index (κ1) is 30.4. The number of fused-ring (bicyclic) bond motifs is 5. The lowest BCUT2D eigenvalue weighted by Crippen LogP contribution is -2.68. The predicted molar refractivity (Wildman–Crippen MR) is 150 cm³/mol. The molecule has 220 valence electrons. The Labute approximate surface area is 235 Å². The number of rotatable bonds is 7. The standard InChI is InChI=1S/C33H52O6/c1-9-30(5)12-10-13-31(6)24(30)11-14-32(7)25(31)17-27(37)33(8)21(18-34)29(20(4)35)23(16-26(32)33)39-28(38)15-22(36)19(2)3/h18-19,21-26,29,36H,9-17H2,1-8H3. The van der Waals surface area contributed by atoms with Gasteiger partial charge in [0, 0.05) is 17.8 Å². The van der Waals surface area contributed by atoms with Crippen LogP contribution in [0.3, 0.4) is 0 Å². The Morgan fingerprint density at radius 3 is 2.26 bits per heavy atom. The maximum atomic E-state index is 14.3. The first-order chi connectivity index (χ1) is 18.1. The van der Waals surface area contributed by atoms with Gasteiger partial charge in [-0.05, 0) is 78.9 Å². The van der Waals surface area contributed by atoms with Crippen LogP contribution in [-0.4, -0.2) is 41.1 Å². The van der Waals surface area contributed by atoms with Crippen molar-refractivity contribution in [1.29, 1.82) is 0 Å². The van der Waals surface area contributed by atoms with Crippen molar-refractivity contribution in [3.05, 3.63) is 0 Å². The largest absolute Gasteiger partial charge is 0.461 e. The van der Waals surface area contributed by atoms with E-state index in [0.29, 0.717) is 18.8 Å². The van der Waals surface area contributed by atoms with Crippen molar-refractivity contribution in [2.45, 2.75) is 125 Å². The van der Waals surface area contributed by atoms with E-state index in [1.165, 1.54) is 19.8 Å². The number of hydrogen-bond acceptors (Lipinski definition) is 6. The highest BCUT2D eigenvalue weighted by Crippen LogP contribution is 2.73. The summed E-state index contributed by atoms with van der Waals surface area (Å²) in [7, 11) is 0. The van der Waals surface area contributed by atoms with Crippen LogP contribution in [0.25, 0.3) is 0 Å².